The maximum atomic E-state index is 11.6. The van der Waals surface area contributed by atoms with Crippen molar-refractivity contribution in [2.75, 3.05) is 19.0 Å². The highest BCUT2D eigenvalue weighted by atomic mass is 16.5. The summed E-state index contributed by atoms with van der Waals surface area (Å²) in [5, 5.41) is 2.52. The van der Waals surface area contributed by atoms with Crippen LogP contribution in [0.3, 0.4) is 0 Å². The average Bonchev–Trinajstić information content (AvgIpc) is 2.47. The van der Waals surface area contributed by atoms with Crippen LogP contribution in [0.25, 0.3) is 0 Å². The summed E-state index contributed by atoms with van der Waals surface area (Å²) < 4.78 is 10.3. The molecule has 0 aliphatic heterocycles. The largest absolute Gasteiger partial charge is 0.497 e. The van der Waals surface area contributed by atoms with Gasteiger partial charge in [0.25, 0.3) is 5.91 Å². The third kappa shape index (κ3) is 3.95. The number of ether oxygens (including phenoxy) is 2. The van der Waals surface area contributed by atoms with E-state index in [4.69, 9.17) is 9.47 Å². The van der Waals surface area contributed by atoms with Gasteiger partial charge in [-0.15, -0.1) is 0 Å². The molecule has 0 saturated heterocycles. The predicted octanol–water partition coefficient (Wildman–Crippen LogP) is 1.50. The molecule has 0 fully saturated rings. The second kappa shape index (κ2) is 6.34. The fraction of sp³-hybridized carbons (Fsp3) is 0.154. The molecule has 1 amide bonds. The third-order valence-electron chi connectivity index (χ3n) is 2.25. The van der Waals surface area contributed by atoms with Crippen LogP contribution in [-0.2, 0) is 4.79 Å². The number of carbonyl (C=O) groups excluding carboxylic acids is 1. The zero-order valence-corrected chi connectivity index (χ0v) is 10.4. The number of aromatic nitrogens is 2. The highest BCUT2D eigenvalue weighted by molar-refractivity contribution is 5.90. The summed E-state index contributed by atoms with van der Waals surface area (Å²) in [5.41, 5.74) is 0. The molecule has 6 nitrogen and oxygen atoms in total. The van der Waals surface area contributed by atoms with E-state index in [0.717, 1.165) is 5.75 Å². The van der Waals surface area contributed by atoms with E-state index >= 15 is 0 Å². The third-order valence-corrected chi connectivity index (χ3v) is 2.25. The molecule has 0 unspecified atom stereocenters. The lowest BCUT2D eigenvalue weighted by Gasteiger charge is -2.07. The van der Waals surface area contributed by atoms with Crippen molar-refractivity contribution in [3.8, 4) is 11.5 Å². The van der Waals surface area contributed by atoms with Crippen molar-refractivity contribution in [1.29, 1.82) is 0 Å². The average molecular weight is 259 g/mol. The maximum Gasteiger partial charge on any atom is 0.264 e. The van der Waals surface area contributed by atoms with Crippen molar-refractivity contribution in [1.82, 2.24) is 9.97 Å². The number of methoxy groups -OCH3 is 1. The summed E-state index contributed by atoms with van der Waals surface area (Å²) in [6.07, 6.45) is 3.10. The number of benzene rings is 1. The minimum absolute atomic E-state index is 0.107. The Balaban J connectivity index is 1.83. The molecule has 6 heteroatoms. The van der Waals surface area contributed by atoms with Crippen molar-refractivity contribution in [3.05, 3.63) is 42.7 Å². The minimum atomic E-state index is -0.318. The van der Waals surface area contributed by atoms with Gasteiger partial charge >= 0.3 is 0 Å². The second-order valence-electron chi connectivity index (χ2n) is 3.58. The van der Waals surface area contributed by atoms with E-state index in [0.29, 0.717) is 5.75 Å². The molecule has 1 heterocycles. The molecular weight excluding hydrogens is 246 g/mol. The predicted molar refractivity (Wildman–Crippen MR) is 69.2 cm³/mol. The molecule has 2 aromatic rings. The molecule has 1 aromatic carbocycles. The van der Waals surface area contributed by atoms with Gasteiger partial charge in [-0.2, -0.15) is 0 Å². The van der Waals surface area contributed by atoms with Crippen LogP contribution in [0.2, 0.25) is 0 Å². The standard InChI is InChI=1S/C13H13N3O3/c1-18-10-3-5-11(6-4-10)19-9-12(17)16-13-14-7-2-8-15-13/h2-8H,9H2,1H3,(H,14,15,16,17). The van der Waals surface area contributed by atoms with Gasteiger partial charge in [-0.25, -0.2) is 9.97 Å². The molecule has 0 aliphatic carbocycles. The molecular formula is C13H13N3O3. The van der Waals surface area contributed by atoms with Gasteiger partial charge in [-0.05, 0) is 30.3 Å². The zero-order valence-electron chi connectivity index (χ0n) is 10.4. The van der Waals surface area contributed by atoms with Crippen LogP contribution in [0.4, 0.5) is 5.95 Å². The number of hydrogen-bond acceptors (Lipinski definition) is 5. The van der Waals surface area contributed by atoms with E-state index in [1.807, 2.05) is 0 Å². The van der Waals surface area contributed by atoms with Crippen LogP contribution in [-0.4, -0.2) is 29.6 Å². The fourth-order valence-corrected chi connectivity index (χ4v) is 1.35. The van der Waals surface area contributed by atoms with Gasteiger partial charge in [0.15, 0.2) is 6.61 Å². The quantitative estimate of drug-likeness (QED) is 0.880. The molecule has 19 heavy (non-hydrogen) atoms. The van der Waals surface area contributed by atoms with Crippen LogP contribution in [0, 0.1) is 0 Å². The van der Waals surface area contributed by atoms with E-state index < -0.39 is 0 Å². The SMILES string of the molecule is COc1ccc(OCC(=O)Nc2ncccn2)cc1. The number of amides is 1. The summed E-state index contributed by atoms with van der Waals surface area (Å²) in [6.45, 7) is -0.107. The Kier molecular flexibility index (Phi) is 4.28. The lowest BCUT2D eigenvalue weighted by Crippen LogP contribution is -2.21. The van der Waals surface area contributed by atoms with Crippen LogP contribution in [0.1, 0.15) is 0 Å². The molecule has 1 aromatic heterocycles. The van der Waals surface area contributed by atoms with Gasteiger partial charge in [0, 0.05) is 12.4 Å². The van der Waals surface area contributed by atoms with Gasteiger partial charge in [0.1, 0.15) is 11.5 Å². The van der Waals surface area contributed by atoms with E-state index in [1.54, 1.807) is 49.8 Å². The van der Waals surface area contributed by atoms with Crippen LogP contribution in [0.5, 0.6) is 11.5 Å². The number of hydrogen-bond donors (Lipinski definition) is 1. The minimum Gasteiger partial charge on any atom is -0.497 e. The number of anilines is 1. The van der Waals surface area contributed by atoms with Crippen LogP contribution < -0.4 is 14.8 Å². The lowest BCUT2D eigenvalue weighted by atomic mass is 10.3. The highest BCUT2D eigenvalue weighted by Crippen LogP contribution is 2.16. The molecule has 0 aliphatic rings. The maximum absolute atomic E-state index is 11.6. The van der Waals surface area contributed by atoms with Crippen molar-refractivity contribution >= 4 is 11.9 Å². The summed E-state index contributed by atoms with van der Waals surface area (Å²) in [6, 6.07) is 8.64. The number of nitrogens with zero attached hydrogens (tertiary/aromatic N) is 2. The smallest absolute Gasteiger partial charge is 0.264 e. The first-order valence-corrected chi connectivity index (χ1v) is 5.61. The first-order chi connectivity index (χ1) is 9.28. The molecule has 0 atom stereocenters. The van der Waals surface area contributed by atoms with Crippen molar-refractivity contribution in [2.45, 2.75) is 0 Å². The summed E-state index contributed by atoms with van der Waals surface area (Å²) in [5.74, 6) is 1.26. The van der Waals surface area contributed by atoms with Gasteiger partial charge in [0.2, 0.25) is 5.95 Å². The Morgan fingerprint density at radius 1 is 1.16 bits per heavy atom. The monoisotopic (exact) mass is 259 g/mol. The molecule has 0 saturated carbocycles. The summed E-state index contributed by atoms with van der Waals surface area (Å²) in [4.78, 5) is 19.3. The first kappa shape index (κ1) is 12.8. The molecule has 2 rings (SSSR count). The molecule has 0 radical (unpaired) electrons. The Morgan fingerprint density at radius 3 is 2.42 bits per heavy atom. The van der Waals surface area contributed by atoms with E-state index in [9.17, 15) is 4.79 Å². The fourth-order valence-electron chi connectivity index (χ4n) is 1.35. The molecule has 98 valence electrons. The van der Waals surface area contributed by atoms with Gasteiger partial charge < -0.3 is 9.47 Å². The Morgan fingerprint density at radius 2 is 1.79 bits per heavy atom. The van der Waals surface area contributed by atoms with Crippen molar-refractivity contribution in [3.63, 3.8) is 0 Å². The number of carbonyl (C=O) groups is 1. The van der Waals surface area contributed by atoms with Gasteiger partial charge in [-0.1, -0.05) is 0 Å². The van der Waals surface area contributed by atoms with Crippen molar-refractivity contribution in [2.24, 2.45) is 0 Å². The highest BCUT2D eigenvalue weighted by Gasteiger charge is 2.05. The summed E-state index contributed by atoms with van der Waals surface area (Å²) >= 11 is 0. The topological polar surface area (TPSA) is 73.3 Å². The number of rotatable bonds is 5. The molecule has 0 bridgehead atoms. The first-order valence-electron chi connectivity index (χ1n) is 5.61. The van der Waals surface area contributed by atoms with E-state index in [1.165, 1.54) is 0 Å². The summed E-state index contributed by atoms with van der Waals surface area (Å²) in [7, 11) is 1.59. The lowest BCUT2D eigenvalue weighted by molar-refractivity contribution is -0.118. The molecule has 0 spiro atoms. The Hall–Kier alpha value is -2.63. The number of nitrogens with one attached hydrogen (secondary N) is 1. The van der Waals surface area contributed by atoms with Crippen LogP contribution >= 0.6 is 0 Å². The van der Waals surface area contributed by atoms with E-state index in [-0.39, 0.29) is 18.5 Å². The zero-order chi connectivity index (χ0) is 13.5. The molecule has 1 N–H and O–H groups in total. The Labute approximate surface area is 110 Å². The second-order valence-corrected chi connectivity index (χ2v) is 3.58. The Bertz CT molecular complexity index is 529. The van der Waals surface area contributed by atoms with Gasteiger partial charge in [-0.3, -0.25) is 10.1 Å². The normalized spacial score (nSPS) is 9.74. The van der Waals surface area contributed by atoms with E-state index in [2.05, 4.69) is 15.3 Å². The van der Waals surface area contributed by atoms with Gasteiger partial charge in [0.05, 0.1) is 7.11 Å². The van der Waals surface area contributed by atoms with Crippen molar-refractivity contribution < 1.29 is 14.3 Å². The van der Waals surface area contributed by atoms with Crippen LogP contribution in [0.15, 0.2) is 42.7 Å².